The van der Waals surface area contributed by atoms with E-state index in [2.05, 4.69) is 17.2 Å². The molecule has 1 atom stereocenters. The first kappa shape index (κ1) is 18.4. The lowest BCUT2D eigenvalue weighted by Crippen LogP contribution is -2.31. The predicted octanol–water partition coefficient (Wildman–Crippen LogP) is 3.53. The number of aromatic nitrogens is 2. The number of fused-ring (bicyclic) bond motifs is 1. The van der Waals surface area contributed by atoms with E-state index in [-0.39, 0.29) is 17.5 Å². The SMILES string of the molecule is CC[C@@H](C)NC(=O)CCCCCn1c(=S)[nH]c2ccccc2c1=O. The summed E-state index contributed by atoms with van der Waals surface area (Å²) in [6.07, 6.45) is 4.01. The summed E-state index contributed by atoms with van der Waals surface area (Å²) < 4.78 is 2.06. The molecule has 1 aromatic carbocycles. The van der Waals surface area contributed by atoms with E-state index < -0.39 is 0 Å². The summed E-state index contributed by atoms with van der Waals surface area (Å²) in [4.78, 5) is 27.3. The van der Waals surface area contributed by atoms with Gasteiger partial charge in [-0.05, 0) is 50.5 Å². The largest absolute Gasteiger partial charge is 0.354 e. The minimum absolute atomic E-state index is 0.0520. The normalized spacial score (nSPS) is 12.2. The molecular weight excluding hydrogens is 322 g/mol. The molecule has 24 heavy (non-hydrogen) atoms. The highest BCUT2D eigenvalue weighted by Crippen LogP contribution is 2.07. The summed E-state index contributed by atoms with van der Waals surface area (Å²) >= 11 is 5.29. The predicted molar refractivity (Wildman–Crippen MR) is 99.8 cm³/mol. The zero-order valence-electron chi connectivity index (χ0n) is 14.3. The average molecular weight is 347 g/mol. The molecule has 0 saturated carbocycles. The lowest BCUT2D eigenvalue weighted by Gasteiger charge is -2.11. The van der Waals surface area contributed by atoms with E-state index in [1.54, 1.807) is 10.6 Å². The van der Waals surface area contributed by atoms with Crippen molar-refractivity contribution in [1.82, 2.24) is 14.9 Å². The van der Waals surface area contributed by atoms with Crippen LogP contribution in [0.3, 0.4) is 0 Å². The Morgan fingerprint density at radius 2 is 2.04 bits per heavy atom. The Morgan fingerprint density at radius 1 is 1.29 bits per heavy atom. The summed E-state index contributed by atoms with van der Waals surface area (Å²) in [5, 5.41) is 3.61. The van der Waals surface area contributed by atoms with Crippen LogP contribution in [-0.2, 0) is 11.3 Å². The van der Waals surface area contributed by atoms with Crippen LogP contribution in [0.2, 0.25) is 0 Å². The van der Waals surface area contributed by atoms with E-state index in [1.165, 1.54) is 0 Å². The molecule has 1 aromatic heterocycles. The Balaban J connectivity index is 1.87. The van der Waals surface area contributed by atoms with E-state index in [9.17, 15) is 9.59 Å². The molecule has 0 radical (unpaired) electrons. The highest BCUT2D eigenvalue weighted by atomic mass is 32.1. The first-order valence-corrected chi connectivity index (χ1v) is 8.95. The zero-order valence-corrected chi connectivity index (χ0v) is 15.1. The van der Waals surface area contributed by atoms with Crippen molar-refractivity contribution in [3.05, 3.63) is 39.4 Å². The molecule has 0 fully saturated rings. The van der Waals surface area contributed by atoms with Gasteiger partial charge >= 0.3 is 0 Å². The maximum Gasteiger partial charge on any atom is 0.262 e. The number of benzene rings is 1. The van der Waals surface area contributed by atoms with Gasteiger partial charge in [0.1, 0.15) is 0 Å². The van der Waals surface area contributed by atoms with Crippen molar-refractivity contribution in [3.8, 4) is 0 Å². The molecule has 130 valence electrons. The number of rotatable bonds is 8. The minimum Gasteiger partial charge on any atom is -0.354 e. The van der Waals surface area contributed by atoms with Crippen LogP contribution in [0.1, 0.15) is 46.0 Å². The van der Waals surface area contributed by atoms with Crippen LogP contribution in [0.5, 0.6) is 0 Å². The van der Waals surface area contributed by atoms with Crippen LogP contribution in [0, 0.1) is 4.77 Å². The van der Waals surface area contributed by atoms with Gasteiger partial charge < -0.3 is 10.3 Å². The van der Waals surface area contributed by atoms with Crippen molar-refractivity contribution in [2.45, 2.75) is 58.5 Å². The van der Waals surface area contributed by atoms with Crippen molar-refractivity contribution in [3.63, 3.8) is 0 Å². The van der Waals surface area contributed by atoms with Gasteiger partial charge in [-0.3, -0.25) is 14.2 Å². The molecule has 0 aliphatic carbocycles. The molecule has 2 N–H and O–H groups in total. The molecule has 2 rings (SSSR count). The Labute approximate surface area is 147 Å². The fraction of sp³-hybridized carbons (Fsp3) is 0.500. The molecule has 0 aliphatic heterocycles. The number of carbonyl (C=O) groups excluding carboxylic acids is 1. The molecule has 5 nitrogen and oxygen atoms in total. The van der Waals surface area contributed by atoms with Gasteiger partial charge in [-0.2, -0.15) is 0 Å². The van der Waals surface area contributed by atoms with Crippen molar-refractivity contribution in [1.29, 1.82) is 0 Å². The first-order valence-electron chi connectivity index (χ1n) is 8.54. The Morgan fingerprint density at radius 3 is 2.79 bits per heavy atom. The van der Waals surface area contributed by atoms with Crippen LogP contribution in [0.15, 0.2) is 29.1 Å². The summed E-state index contributed by atoms with van der Waals surface area (Å²) in [5.74, 6) is 0.101. The minimum atomic E-state index is -0.0520. The van der Waals surface area contributed by atoms with Crippen molar-refractivity contribution in [2.75, 3.05) is 0 Å². The fourth-order valence-corrected chi connectivity index (χ4v) is 2.87. The van der Waals surface area contributed by atoms with Crippen molar-refractivity contribution >= 4 is 29.0 Å². The van der Waals surface area contributed by atoms with Gasteiger partial charge in [-0.15, -0.1) is 0 Å². The number of nitrogens with zero attached hydrogens (tertiary/aromatic N) is 1. The fourth-order valence-electron chi connectivity index (χ4n) is 2.58. The van der Waals surface area contributed by atoms with Gasteiger partial charge in [0, 0.05) is 19.0 Å². The summed E-state index contributed by atoms with van der Waals surface area (Å²) in [6.45, 7) is 4.63. The number of aromatic amines is 1. The number of carbonyl (C=O) groups is 1. The van der Waals surface area contributed by atoms with Gasteiger partial charge in [-0.25, -0.2) is 0 Å². The van der Waals surface area contributed by atoms with E-state index >= 15 is 0 Å². The molecule has 0 saturated heterocycles. The number of unbranched alkanes of at least 4 members (excludes halogenated alkanes) is 2. The second-order valence-corrected chi connectivity index (χ2v) is 6.51. The molecule has 1 amide bonds. The van der Waals surface area contributed by atoms with E-state index in [1.807, 2.05) is 25.1 Å². The van der Waals surface area contributed by atoms with E-state index in [0.717, 1.165) is 31.2 Å². The second kappa shape index (κ2) is 8.78. The van der Waals surface area contributed by atoms with Crippen LogP contribution in [-0.4, -0.2) is 21.5 Å². The molecule has 1 heterocycles. The van der Waals surface area contributed by atoms with Gasteiger partial charge in [-0.1, -0.05) is 25.5 Å². The summed E-state index contributed by atoms with van der Waals surface area (Å²) in [7, 11) is 0. The number of amides is 1. The quantitative estimate of drug-likeness (QED) is 0.567. The summed E-state index contributed by atoms with van der Waals surface area (Å²) in [5.41, 5.74) is 0.717. The third-order valence-corrected chi connectivity index (χ3v) is 4.52. The van der Waals surface area contributed by atoms with Crippen molar-refractivity contribution < 1.29 is 4.79 Å². The third kappa shape index (κ3) is 4.77. The number of H-pyrrole nitrogens is 1. The number of hydrogen-bond donors (Lipinski definition) is 2. The number of hydrogen-bond acceptors (Lipinski definition) is 3. The molecular formula is C18H25N3O2S. The maximum atomic E-state index is 12.5. The lowest BCUT2D eigenvalue weighted by atomic mass is 10.1. The maximum absolute atomic E-state index is 12.5. The van der Waals surface area contributed by atoms with Crippen LogP contribution >= 0.6 is 12.2 Å². The van der Waals surface area contributed by atoms with Crippen LogP contribution in [0.25, 0.3) is 10.9 Å². The van der Waals surface area contributed by atoms with Crippen LogP contribution < -0.4 is 10.9 Å². The van der Waals surface area contributed by atoms with Gasteiger partial charge in [0.2, 0.25) is 5.91 Å². The van der Waals surface area contributed by atoms with E-state index in [4.69, 9.17) is 12.2 Å². The van der Waals surface area contributed by atoms with Gasteiger partial charge in [0.05, 0.1) is 10.9 Å². The van der Waals surface area contributed by atoms with Crippen molar-refractivity contribution in [2.24, 2.45) is 0 Å². The zero-order chi connectivity index (χ0) is 17.5. The van der Waals surface area contributed by atoms with E-state index in [0.29, 0.717) is 23.1 Å². The second-order valence-electron chi connectivity index (χ2n) is 6.12. The highest BCUT2D eigenvalue weighted by molar-refractivity contribution is 7.71. The first-order chi connectivity index (χ1) is 11.5. The van der Waals surface area contributed by atoms with Crippen LogP contribution in [0.4, 0.5) is 0 Å². The molecule has 0 bridgehead atoms. The summed E-state index contributed by atoms with van der Waals surface area (Å²) in [6, 6.07) is 7.61. The molecule has 6 heteroatoms. The molecule has 2 aromatic rings. The molecule has 0 aliphatic rings. The monoisotopic (exact) mass is 347 g/mol. The lowest BCUT2D eigenvalue weighted by molar-refractivity contribution is -0.121. The topological polar surface area (TPSA) is 66.9 Å². The number of para-hydroxylation sites is 1. The Bertz CT molecular complexity index is 810. The molecule has 0 unspecified atom stereocenters. The average Bonchev–Trinajstić information content (AvgIpc) is 2.57. The smallest absolute Gasteiger partial charge is 0.262 e. The third-order valence-electron chi connectivity index (χ3n) is 4.19. The Hall–Kier alpha value is -1.95. The Kier molecular flexibility index (Phi) is 6.73. The standard InChI is InChI=1S/C18H25N3O2S/c1-3-13(2)19-16(22)11-5-4-8-12-21-17(23)14-9-6-7-10-15(14)20-18(21)24/h6-7,9-10,13H,3-5,8,11-12H2,1-2H3,(H,19,22)(H,20,24)/t13-/m1/s1. The highest BCUT2D eigenvalue weighted by Gasteiger charge is 2.06. The van der Waals surface area contributed by atoms with Gasteiger partial charge in [0.15, 0.2) is 4.77 Å². The molecule has 0 spiro atoms. The number of nitrogens with one attached hydrogen (secondary N) is 2. The van der Waals surface area contributed by atoms with Gasteiger partial charge in [0.25, 0.3) is 5.56 Å².